The highest BCUT2D eigenvalue weighted by molar-refractivity contribution is 5.39. The Balaban J connectivity index is 2.40. The van der Waals surface area contributed by atoms with Crippen LogP contribution in [0.1, 0.15) is 38.8 Å². The zero-order valence-electron chi connectivity index (χ0n) is 9.96. The lowest BCUT2D eigenvalue weighted by molar-refractivity contribution is 0.0106. The van der Waals surface area contributed by atoms with E-state index in [-0.39, 0.29) is 17.5 Å². The zero-order chi connectivity index (χ0) is 11.9. The van der Waals surface area contributed by atoms with Crippen LogP contribution in [0.3, 0.4) is 0 Å². The van der Waals surface area contributed by atoms with Crippen molar-refractivity contribution in [2.75, 3.05) is 0 Å². The van der Waals surface area contributed by atoms with Gasteiger partial charge in [0.05, 0.1) is 0 Å². The number of fused-ring (bicyclic) bond motifs is 1. The average Bonchev–Trinajstić information content (AvgIpc) is 2.19. The third-order valence-corrected chi connectivity index (χ3v) is 3.56. The molecule has 16 heavy (non-hydrogen) atoms. The van der Waals surface area contributed by atoms with Crippen LogP contribution >= 0.6 is 0 Å². The minimum Gasteiger partial charge on any atom is -0.487 e. The molecule has 0 fully saturated rings. The van der Waals surface area contributed by atoms with Crippen molar-refractivity contribution in [2.24, 2.45) is 11.7 Å². The maximum Gasteiger partial charge on any atom is 0.125 e. The Morgan fingerprint density at radius 3 is 2.81 bits per heavy atom. The number of hydrogen-bond acceptors (Lipinski definition) is 2. The summed E-state index contributed by atoms with van der Waals surface area (Å²) < 4.78 is 19.1. The van der Waals surface area contributed by atoms with Crippen LogP contribution in [-0.2, 0) is 0 Å². The molecule has 1 unspecified atom stereocenters. The van der Waals surface area contributed by atoms with Crippen LogP contribution in [0.15, 0.2) is 18.2 Å². The van der Waals surface area contributed by atoms with Crippen molar-refractivity contribution in [1.82, 2.24) is 0 Å². The van der Waals surface area contributed by atoms with E-state index in [0.717, 1.165) is 17.7 Å². The number of nitrogens with two attached hydrogens (primary N) is 1. The summed E-state index contributed by atoms with van der Waals surface area (Å²) in [5, 5.41) is 0. The van der Waals surface area contributed by atoms with Crippen molar-refractivity contribution < 1.29 is 9.13 Å². The van der Waals surface area contributed by atoms with Gasteiger partial charge in [-0.15, -0.1) is 0 Å². The molecule has 0 radical (unpaired) electrons. The molecule has 1 aromatic carbocycles. The fourth-order valence-electron chi connectivity index (χ4n) is 2.10. The van der Waals surface area contributed by atoms with Crippen LogP contribution in [0.25, 0.3) is 0 Å². The van der Waals surface area contributed by atoms with Gasteiger partial charge in [-0.2, -0.15) is 0 Å². The number of benzene rings is 1. The van der Waals surface area contributed by atoms with Crippen LogP contribution in [0.5, 0.6) is 5.75 Å². The van der Waals surface area contributed by atoms with Gasteiger partial charge in [0, 0.05) is 18.0 Å². The molecule has 0 spiro atoms. The van der Waals surface area contributed by atoms with Gasteiger partial charge in [0.25, 0.3) is 0 Å². The maximum absolute atomic E-state index is 13.1. The molecule has 1 heterocycles. The summed E-state index contributed by atoms with van der Waals surface area (Å²) in [6.07, 6.45) is 0.723. The molecule has 0 aliphatic carbocycles. The molecule has 0 aromatic heterocycles. The molecule has 88 valence electrons. The first-order valence-electron chi connectivity index (χ1n) is 5.66. The number of ether oxygens (including phenoxy) is 1. The van der Waals surface area contributed by atoms with Gasteiger partial charge in [0.2, 0.25) is 0 Å². The quantitative estimate of drug-likeness (QED) is 0.794. The predicted octanol–water partition coefficient (Wildman–Crippen LogP) is 3.02. The molecule has 1 aromatic rings. The Morgan fingerprint density at radius 2 is 2.19 bits per heavy atom. The van der Waals surface area contributed by atoms with E-state index in [1.165, 1.54) is 12.1 Å². The molecule has 0 saturated carbocycles. The minimum absolute atomic E-state index is 0.146. The van der Waals surface area contributed by atoms with E-state index < -0.39 is 0 Å². The largest absolute Gasteiger partial charge is 0.487 e. The first kappa shape index (κ1) is 11.4. The standard InChI is InChI=1S/C13H18FNO/c1-8(2)13(3)7-11(15)10-6-9(14)4-5-12(10)16-13/h4-6,8,11H,7,15H2,1-3H3/t11-,13?/m1/s1. The van der Waals surface area contributed by atoms with Crippen LogP contribution in [0.4, 0.5) is 4.39 Å². The molecular weight excluding hydrogens is 205 g/mol. The van der Waals surface area contributed by atoms with Gasteiger partial charge >= 0.3 is 0 Å². The summed E-state index contributed by atoms with van der Waals surface area (Å²) in [4.78, 5) is 0. The zero-order valence-corrected chi connectivity index (χ0v) is 9.96. The molecule has 2 rings (SSSR count). The number of rotatable bonds is 1. The Labute approximate surface area is 95.6 Å². The van der Waals surface area contributed by atoms with Crippen molar-refractivity contribution in [2.45, 2.75) is 38.8 Å². The van der Waals surface area contributed by atoms with Gasteiger partial charge in [-0.3, -0.25) is 0 Å². The van der Waals surface area contributed by atoms with Crippen molar-refractivity contribution in [3.05, 3.63) is 29.6 Å². The number of hydrogen-bond donors (Lipinski definition) is 1. The second-order valence-corrected chi connectivity index (χ2v) is 5.06. The van der Waals surface area contributed by atoms with Gasteiger partial charge in [0.15, 0.2) is 0 Å². The van der Waals surface area contributed by atoms with E-state index in [9.17, 15) is 4.39 Å². The van der Waals surface area contributed by atoms with E-state index in [1.54, 1.807) is 6.07 Å². The molecule has 0 saturated heterocycles. The van der Waals surface area contributed by atoms with Crippen LogP contribution in [-0.4, -0.2) is 5.60 Å². The highest BCUT2D eigenvalue weighted by Gasteiger charge is 2.38. The average molecular weight is 223 g/mol. The lowest BCUT2D eigenvalue weighted by Gasteiger charge is -2.41. The second kappa shape index (κ2) is 3.74. The molecule has 2 nitrogen and oxygen atoms in total. The van der Waals surface area contributed by atoms with Gasteiger partial charge in [-0.1, -0.05) is 13.8 Å². The predicted molar refractivity (Wildman–Crippen MR) is 61.8 cm³/mol. The monoisotopic (exact) mass is 223 g/mol. The molecule has 2 atom stereocenters. The summed E-state index contributed by atoms with van der Waals surface area (Å²) in [5.74, 6) is 0.832. The van der Waals surface area contributed by atoms with E-state index in [0.29, 0.717) is 5.92 Å². The summed E-state index contributed by atoms with van der Waals surface area (Å²) in [6, 6.07) is 4.41. The van der Waals surface area contributed by atoms with Gasteiger partial charge in [-0.25, -0.2) is 4.39 Å². The summed E-state index contributed by atoms with van der Waals surface area (Å²) >= 11 is 0. The van der Waals surface area contributed by atoms with Gasteiger partial charge in [0.1, 0.15) is 17.2 Å². The Hall–Kier alpha value is -1.09. The molecule has 1 aliphatic heterocycles. The van der Waals surface area contributed by atoms with Gasteiger partial charge in [-0.05, 0) is 31.0 Å². The fourth-order valence-corrected chi connectivity index (χ4v) is 2.10. The highest BCUT2D eigenvalue weighted by atomic mass is 19.1. The van der Waals surface area contributed by atoms with Crippen LogP contribution in [0.2, 0.25) is 0 Å². The molecule has 0 amide bonds. The van der Waals surface area contributed by atoms with E-state index >= 15 is 0 Å². The van der Waals surface area contributed by atoms with E-state index in [1.807, 2.05) is 0 Å². The van der Waals surface area contributed by atoms with Crippen LogP contribution < -0.4 is 10.5 Å². The van der Waals surface area contributed by atoms with Crippen molar-refractivity contribution in [3.8, 4) is 5.75 Å². The van der Waals surface area contributed by atoms with Crippen molar-refractivity contribution >= 4 is 0 Å². The Kier molecular flexibility index (Phi) is 2.66. The highest BCUT2D eigenvalue weighted by Crippen LogP contribution is 2.41. The first-order valence-corrected chi connectivity index (χ1v) is 5.66. The lowest BCUT2D eigenvalue weighted by Crippen LogP contribution is -2.44. The van der Waals surface area contributed by atoms with Crippen molar-refractivity contribution in [3.63, 3.8) is 0 Å². The molecular formula is C13H18FNO. The van der Waals surface area contributed by atoms with E-state index in [2.05, 4.69) is 20.8 Å². The van der Waals surface area contributed by atoms with Crippen LogP contribution in [0, 0.1) is 11.7 Å². The molecule has 0 bridgehead atoms. The van der Waals surface area contributed by atoms with Crippen molar-refractivity contribution in [1.29, 1.82) is 0 Å². The van der Waals surface area contributed by atoms with E-state index in [4.69, 9.17) is 10.5 Å². The second-order valence-electron chi connectivity index (χ2n) is 5.06. The third-order valence-electron chi connectivity index (χ3n) is 3.56. The lowest BCUT2D eigenvalue weighted by atomic mass is 9.81. The SMILES string of the molecule is CC(C)C1(C)C[C@@H](N)c2cc(F)ccc2O1. The fraction of sp³-hybridized carbons (Fsp3) is 0.538. The first-order chi connectivity index (χ1) is 7.42. The molecule has 1 aliphatic rings. The third kappa shape index (κ3) is 1.80. The summed E-state index contributed by atoms with van der Waals surface area (Å²) in [5.41, 5.74) is 6.60. The topological polar surface area (TPSA) is 35.2 Å². The Bertz CT molecular complexity index is 405. The van der Waals surface area contributed by atoms with Gasteiger partial charge < -0.3 is 10.5 Å². The Morgan fingerprint density at radius 1 is 1.50 bits per heavy atom. The maximum atomic E-state index is 13.1. The minimum atomic E-state index is -0.260. The molecule has 2 N–H and O–H groups in total. The number of halogens is 1. The smallest absolute Gasteiger partial charge is 0.125 e. The molecule has 3 heteroatoms. The summed E-state index contributed by atoms with van der Waals surface area (Å²) in [6.45, 7) is 6.28. The summed E-state index contributed by atoms with van der Waals surface area (Å²) in [7, 11) is 0. The normalized spacial score (nSPS) is 28.8.